The third-order valence-electron chi connectivity index (χ3n) is 4.04. The van der Waals surface area contributed by atoms with Crippen molar-refractivity contribution in [3.8, 4) is 0 Å². The van der Waals surface area contributed by atoms with Crippen LogP contribution >= 0.6 is 0 Å². The Bertz CT molecular complexity index is 262. The molecule has 0 saturated carbocycles. The zero-order chi connectivity index (χ0) is 17.3. The first-order valence-corrected chi connectivity index (χ1v) is 9.82. The highest BCUT2D eigenvalue weighted by Gasteiger charge is 2.03. The van der Waals surface area contributed by atoms with Crippen LogP contribution in [0.5, 0.6) is 0 Å². The smallest absolute Gasteiger partial charge is 0.434 e. The lowest BCUT2D eigenvalue weighted by Gasteiger charge is -2.07. The van der Waals surface area contributed by atoms with Crippen molar-refractivity contribution in [2.45, 2.75) is 98.3 Å². The van der Waals surface area contributed by atoms with Crippen LogP contribution in [0.4, 0.5) is 4.79 Å². The van der Waals surface area contributed by atoms with E-state index in [2.05, 4.69) is 27.7 Å². The van der Waals surface area contributed by atoms with Crippen LogP contribution in [-0.4, -0.2) is 19.4 Å². The van der Waals surface area contributed by atoms with Gasteiger partial charge in [0, 0.05) is 0 Å². The molecule has 0 bridgehead atoms. The number of rotatable bonds is 15. The molecule has 0 rings (SSSR count). The Morgan fingerprint density at radius 1 is 0.609 bits per heavy atom. The molecule has 0 atom stereocenters. The van der Waals surface area contributed by atoms with Crippen molar-refractivity contribution in [3.63, 3.8) is 0 Å². The van der Waals surface area contributed by atoms with Crippen LogP contribution in [0.15, 0.2) is 0 Å². The van der Waals surface area contributed by atoms with Gasteiger partial charge in [0.2, 0.25) is 0 Å². The molecular weight excluding hydrogens is 288 g/mol. The van der Waals surface area contributed by atoms with Gasteiger partial charge in [0.1, 0.15) is 0 Å². The van der Waals surface area contributed by atoms with Gasteiger partial charge in [-0.3, -0.25) is 0 Å². The largest absolute Gasteiger partial charge is 0.508 e. The van der Waals surface area contributed by atoms with Gasteiger partial charge in [-0.05, 0) is 24.7 Å². The fourth-order valence-corrected chi connectivity index (χ4v) is 2.55. The normalized spacial score (nSPS) is 11.2. The van der Waals surface area contributed by atoms with Crippen LogP contribution in [0.25, 0.3) is 0 Å². The molecule has 0 aliphatic rings. The lowest BCUT2D eigenvalue weighted by atomic mass is 10.0. The molecule has 0 N–H and O–H groups in total. The van der Waals surface area contributed by atoms with Crippen molar-refractivity contribution in [2.75, 3.05) is 13.2 Å². The molecule has 0 spiro atoms. The Labute approximate surface area is 144 Å². The monoisotopic (exact) mass is 328 g/mol. The van der Waals surface area contributed by atoms with Crippen LogP contribution in [0.3, 0.4) is 0 Å². The molecule has 3 nitrogen and oxygen atoms in total. The van der Waals surface area contributed by atoms with Gasteiger partial charge >= 0.3 is 6.16 Å². The zero-order valence-corrected chi connectivity index (χ0v) is 16.1. The average molecular weight is 329 g/mol. The summed E-state index contributed by atoms with van der Waals surface area (Å²) in [5.41, 5.74) is 0. The minimum absolute atomic E-state index is 0.494. The number of hydrogen-bond donors (Lipinski definition) is 0. The number of ether oxygens (including phenoxy) is 2. The summed E-state index contributed by atoms with van der Waals surface area (Å²) in [6.45, 7) is 10.0. The maximum Gasteiger partial charge on any atom is 0.508 e. The molecule has 0 amide bonds. The van der Waals surface area contributed by atoms with Crippen molar-refractivity contribution in [3.05, 3.63) is 0 Å². The molecule has 0 saturated heterocycles. The van der Waals surface area contributed by atoms with E-state index >= 15 is 0 Å². The van der Waals surface area contributed by atoms with E-state index in [1.807, 2.05) is 0 Å². The minimum Gasteiger partial charge on any atom is -0.434 e. The van der Waals surface area contributed by atoms with E-state index in [-0.39, 0.29) is 0 Å². The predicted molar refractivity (Wildman–Crippen MR) is 97.8 cm³/mol. The van der Waals surface area contributed by atoms with E-state index in [9.17, 15) is 4.79 Å². The number of unbranched alkanes of at least 4 members (excludes halogenated alkanes) is 7. The summed E-state index contributed by atoms with van der Waals surface area (Å²) in [7, 11) is 0. The van der Waals surface area contributed by atoms with Crippen molar-refractivity contribution < 1.29 is 14.3 Å². The maximum atomic E-state index is 11.4. The molecule has 0 unspecified atom stereocenters. The van der Waals surface area contributed by atoms with Crippen molar-refractivity contribution in [1.29, 1.82) is 0 Å². The Morgan fingerprint density at radius 3 is 1.35 bits per heavy atom. The Morgan fingerprint density at radius 2 is 0.957 bits per heavy atom. The van der Waals surface area contributed by atoms with E-state index in [1.165, 1.54) is 44.9 Å². The van der Waals surface area contributed by atoms with E-state index in [0.717, 1.165) is 37.5 Å². The fraction of sp³-hybridized carbons (Fsp3) is 0.950. The Hall–Kier alpha value is -0.730. The van der Waals surface area contributed by atoms with Crippen LogP contribution < -0.4 is 0 Å². The summed E-state index contributed by atoms with van der Waals surface area (Å²) < 4.78 is 10.2. The van der Waals surface area contributed by atoms with Crippen LogP contribution in [0.2, 0.25) is 0 Å². The summed E-state index contributed by atoms with van der Waals surface area (Å²) in [4.78, 5) is 11.4. The van der Waals surface area contributed by atoms with E-state index in [1.54, 1.807) is 0 Å². The second kappa shape index (κ2) is 16.1. The van der Waals surface area contributed by atoms with Gasteiger partial charge in [-0.1, -0.05) is 85.5 Å². The summed E-state index contributed by atoms with van der Waals surface area (Å²) in [5, 5.41) is 0. The first kappa shape index (κ1) is 22.3. The zero-order valence-electron chi connectivity index (χ0n) is 16.1. The Kier molecular flexibility index (Phi) is 15.6. The van der Waals surface area contributed by atoms with E-state index in [4.69, 9.17) is 9.47 Å². The molecule has 0 radical (unpaired) electrons. The molecular formula is C20H40O3. The highest BCUT2D eigenvalue weighted by molar-refractivity contribution is 5.59. The van der Waals surface area contributed by atoms with Crippen molar-refractivity contribution in [2.24, 2.45) is 11.8 Å². The molecule has 23 heavy (non-hydrogen) atoms. The second-order valence-corrected chi connectivity index (χ2v) is 7.49. The summed E-state index contributed by atoms with van der Waals surface area (Å²) in [5.74, 6) is 1.60. The molecule has 3 heteroatoms. The van der Waals surface area contributed by atoms with Crippen LogP contribution in [0, 0.1) is 11.8 Å². The van der Waals surface area contributed by atoms with Crippen LogP contribution in [0.1, 0.15) is 98.3 Å². The standard InChI is InChI=1S/C20H40O3/c1-18(2)14-10-6-5-8-12-16-22-20(21)23-17-13-9-7-11-15-19(3)4/h18-19H,5-17H2,1-4H3. The van der Waals surface area contributed by atoms with Gasteiger partial charge in [-0.2, -0.15) is 0 Å². The fourth-order valence-electron chi connectivity index (χ4n) is 2.55. The lowest BCUT2D eigenvalue weighted by Crippen LogP contribution is -2.09. The number of carbonyl (C=O) groups excluding carboxylic acids is 1. The third kappa shape index (κ3) is 19.2. The van der Waals surface area contributed by atoms with Gasteiger partial charge < -0.3 is 9.47 Å². The first-order valence-electron chi connectivity index (χ1n) is 9.82. The Balaban J connectivity index is 3.19. The van der Waals surface area contributed by atoms with Gasteiger partial charge in [0.15, 0.2) is 0 Å². The topological polar surface area (TPSA) is 35.5 Å². The molecule has 0 aromatic carbocycles. The maximum absolute atomic E-state index is 11.4. The average Bonchev–Trinajstić information content (AvgIpc) is 2.48. The molecule has 0 aliphatic heterocycles. The van der Waals surface area contributed by atoms with E-state index in [0.29, 0.717) is 13.2 Å². The summed E-state index contributed by atoms with van der Waals surface area (Å²) in [6, 6.07) is 0. The third-order valence-corrected chi connectivity index (χ3v) is 4.04. The van der Waals surface area contributed by atoms with Crippen LogP contribution in [-0.2, 0) is 9.47 Å². The second-order valence-electron chi connectivity index (χ2n) is 7.49. The molecule has 0 heterocycles. The summed E-state index contributed by atoms with van der Waals surface area (Å²) in [6.07, 6.45) is 12.6. The molecule has 0 fully saturated rings. The predicted octanol–water partition coefficient (Wildman–Crippen LogP) is 6.74. The number of carbonyl (C=O) groups is 1. The quantitative estimate of drug-likeness (QED) is 0.246. The highest BCUT2D eigenvalue weighted by Crippen LogP contribution is 2.11. The molecule has 0 aromatic rings. The summed E-state index contributed by atoms with van der Waals surface area (Å²) >= 11 is 0. The van der Waals surface area contributed by atoms with Crippen molar-refractivity contribution in [1.82, 2.24) is 0 Å². The van der Waals surface area contributed by atoms with Gasteiger partial charge in [0.05, 0.1) is 13.2 Å². The van der Waals surface area contributed by atoms with Gasteiger partial charge in [-0.15, -0.1) is 0 Å². The SMILES string of the molecule is CC(C)CCCCCCCOC(=O)OCCCCCCC(C)C. The van der Waals surface area contributed by atoms with Gasteiger partial charge in [-0.25, -0.2) is 4.79 Å². The molecule has 0 aliphatic carbocycles. The highest BCUT2D eigenvalue weighted by atomic mass is 16.7. The van der Waals surface area contributed by atoms with E-state index < -0.39 is 6.16 Å². The van der Waals surface area contributed by atoms with Gasteiger partial charge in [0.25, 0.3) is 0 Å². The first-order chi connectivity index (χ1) is 11.0. The van der Waals surface area contributed by atoms with Crippen molar-refractivity contribution >= 4 is 6.16 Å². The number of hydrogen-bond acceptors (Lipinski definition) is 3. The molecule has 0 aromatic heterocycles. The minimum atomic E-state index is -0.494. The molecule has 138 valence electrons. The lowest BCUT2D eigenvalue weighted by molar-refractivity contribution is 0.0529.